The number of amides is 2. The van der Waals surface area contributed by atoms with Gasteiger partial charge >= 0.3 is 0 Å². The number of rotatable bonds is 3. The van der Waals surface area contributed by atoms with Crippen LogP contribution in [0.3, 0.4) is 0 Å². The lowest BCUT2D eigenvalue weighted by molar-refractivity contribution is 0.0846. The first-order valence-corrected chi connectivity index (χ1v) is 9.47. The Morgan fingerprint density at radius 1 is 0.931 bits per heavy atom. The van der Waals surface area contributed by atoms with Crippen molar-refractivity contribution in [2.45, 2.75) is 6.92 Å². The lowest BCUT2D eigenvalue weighted by atomic mass is 10.1. The number of aryl methyl sites for hydroxylation is 1. The van der Waals surface area contributed by atoms with E-state index in [0.29, 0.717) is 26.4 Å². The van der Waals surface area contributed by atoms with E-state index in [0.717, 1.165) is 5.56 Å². The fraction of sp³-hybridized carbons (Fsp3) is 0.0500. The van der Waals surface area contributed by atoms with Crippen molar-refractivity contribution in [2.24, 2.45) is 0 Å². The minimum atomic E-state index is -0.642. The van der Waals surface area contributed by atoms with E-state index in [1.165, 1.54) is 11.3 Å². The van der Waals surface area contributed by atoms with Crippen molar-refractivity contribution < 1.29 is 9.59 Å². The van der Waals surface area contributed by atoms with Crippen LogP contribution in [0.25, 0.3) is 21.3 Å². The summed E-state index contributed by atoms with van der Waals surface area (Å²) in [5, 5.41) is 7.54. The number of nitrogens with one attached hydrogen (secondary N) is 3. The number of H-pyrrole nitrogens is 1. The molecule has 0 unspecified atom stereocenters. The van der Waals surface area contributed by atoms with Gasteiger partial charge in [-0.3, -0.25) is 25.2 Å². The van der Waals surface area contributed by atoms with Gasteiger partial charge in [0.15, 0.2) is 5.69 Å². The lowest BCUT2D eigenvalue weighted by Gasteiger charge is -2.07. The number of benzene rings is 2. The van der Waals surface area contributed by atoms with Gasteiger partial charge in [0.25, 0.3) is 17.4 Å². The Labute approximate surface area is 168 Å². The first-order chi connectivity index (χ1) is 14.0. The number of thiazole rings is 1. The van der Waals surface area contributed by atoms with Crippen LogP contribution in [0.4, 0.5) is 0 Å². The van der Waals surface area contributed by atoms with Crippen LogP contribution in [-0.4, -0.2) is 27.0 Å². The largest absolute Gasteiger partial charge is 0.290 e. The monoisotopic (exact) mass is 405 g/mol. The molecule has 9 heteroatoms. The zero-order valence-electron chi connectivity index (χ0n) is 15.2. The highest BCUT2D eigenvalue weighted by molar-refractivity contribution is 7.17. The predicted molar refractivity (Wildman–Crippen MR) is 110 cm³/mol. The van der Waals surface area contributed by atoms with Crippen LogP contribution in [-0.2, 0) is 0 Å². The molecule has 2 amide bonds. The van der Waals surface area contributed by atoms with Crippen molar-refractivity contribution in [3.05, 3.63) is 81.2 Å². The maximum atomic E-state index is 12.5. The number of nitrogens with zero attached hydrogens (tertiary/aromatic N) is 2. The van der Waals surface area contributed by atoms with Gasteiger partial charge in [-0.2, -0.15) is 5.10 Å². The summed E-state index contributed by atoms with van der Waals surface area (Å²) in [6.45, 7) is 1.73. The molecule has 0 bridgehead atoms. The molecule has 0 radical (unpaired) electrons. The van der Waals surface area contributed by atoms with Crippen molar-refractivity contribution >= 4 is 33.9 Å². The van der Waals surface area contributed by atoms with Gasteiger partial charge in [0.05, 0.1) is 11.1 Å². The van der Waals surface area contributed by atoms with Crippen molar-refractivity contribution in [2.75, 3.05) is 0 Å². The Bertz CT molecular complexity index is 1280. The van der Waals surface area contributed by atoms with Crippen LogP contribution in [0, 0.1) is 6.92 Å². The molecular weight excluding hydrogens is 390 g/mol. The van der Waals surface area contributed by atoms with Crippen molar-refractivity contribution in [3.8, 4) is 10.6 Å². The molecule has 0 aliphatic rings. The number of hydrogen-bond donors (Lipinski definition) is 3. The Morgan fingerprint density at radius 3 is 2.34 bits per heavy atom. The molecule has 2 aromatic heterocycles. The molecule has 0 atom stereocenters. The first-order valence-electron chi connectivity index (χ1n) is 8.65. The zero-order chi connectivity index (χ0) is 20.4. The number of hydrazine groups is 1. The molecule has 0 spiro atoms. The zero-order valence-corrected chi connectivity index (χ0v) is 16.0. The minimum Gasteiger partial charge on any atom is -0.267 e. The number of aromatic nitrogens is 3. The SMILES string of the molecule is Cc1nc(-c2ccccc2)sc1C(=O)NNC(=O)c1n[nH]c(=O)c2ccccc12. The third kappa shape index (κ3) is 3.63. The molecule has 0 aliphatic carbocycles. The molecule has 0 saturated carbocycles. The standard InChI is InChI=1S/C20H15N5O3S/c1-11-16(29-20(21-11)12-7-3-2-4-8-12)19(28)25-24-18(27)15-13-9-5-6-10-14(13)17(26)23-22-15/h2-10H,1H3,(H,23,26)(H,24,27)(H,25,28). The number of carbonyl (C=O) groups excluding carboxylic acids is 2. The van der Waals surface area contributed by atoms with Crippen LogP contribution in [0.1, 0.15) is 25.9 Å². The van der Waals surface area contributed by atoms with E-state index in [1.54, 1.807) is 31.2 Å². The number of aromatic amines is 1. The summed E-state index contributed by atoms with van der Waals surface area (Å²) in [7, 11) is 0. The van der Waals surface area contributed by atoms with Crippen LogP contribution in [0.5, 0.6) is 0 Å². The Hall–Kier alpha value is -3.85. The highest BCUT2D eigenvalue weighted by Gasteiger charge is 2.19. The van der Waals surface area contributed by atoms with Gasteiger partial charge in [-0.1, -0.05) is 48.5 Å². The molecule has 0 fully saturated rings. The smallest absolute Gasteiger partial charge is 0.267 e. The van der Waals surface area contributed by atoms with Gasteiger partial charge in [-0.05, 0) is 13.0 Å². The third-order valence-corrected chi connectivity index (χ3v) is 5.43. The van der Waals surface area contributed by atoms with E-state index in [1.807, 2.05) is 30.3 Å². The summed E-state index contributed by atoms with van der Waals surface area (Å²) < 4.78 is 0. The van der Waals surface area contributed by atoms with E-state index in [4.69, 9.17) is 0 Å². The van der Waals surface area contributed by atoms with Crippen LogP contribution in [0.15, 0.2) is 59.4 Å². The van der Waals surface area contributed by atoms with Crippen LogP contribution in [0.2, 0.25) is 0 Å². The van der Waals surface area contributed by atoms with Gasteiger partial charge in [0.1, 0.15) is 9.88 Å². The number of fused-ring (bicyclic) bond motifs is 1. The topological polar surface area (TPSA) is 117 Å². The fourth-order valence-electron chi connectivity index (χ4n) is 2.83. The summed E-state index contributed by atoms with van der Waals surface area (Å²) in [4.78, 5) is 41.7. The average Bonchev–Trinajstić information content (AvgIpc) is 3.15. The highest BCUT2D eigenvalue weighted by Crippen LogP contribution is 2.27. The average molecular weight is 405 g/mol. The maximum Gasteiger partial charge on any atom is 0.290 e. The molecule has 29 heavy (non-hydrogen) atoms. The Morgan fingerprint density at radius 2 is 1.59 bits per heavy atom. The van der Waals surface area contributed by atoms with E-state index in [2.05, 4.69) is 26.0 Å². The third-order valence-electron chi connectivity index (χ3n) is 4.22. The summed E-state index contributed by atoms with van der Waals surface area (Å²) in [5.74, 6) is -1.12. The first kappa shape index (κ1) is 18.5. The van der Waals surface area contributed by atoms with E-state index < -0.39 is 17.4 Å². The molecular formula is C20H15N5O3S. The van der Waals surface area contributed by atoms with Gasteiger partial charge in [0, 0.05) is 10.9 Å². The fourth-order valence-corrected chi connectivity index (χ4v) is 3.80. The Balaban J connectivity index is 1.52. The van der Waals surface area contributed by atoms with Crippen molar-refractivity contribution in [1.82, 2.24) is 26.0 Å². The number of carbonyl (C=O) groups is 2. The molecule has 0 aliphatic heterocycles. The highest BCUT2D eigenvalue weighted by atomic mass is 32.1. The van der Waals surface area contributed by atoms with Gasteiger partial charge in [0.2, 0.25) is 0 Å². The normalized spacial score (nSPS) is 10.7. The quantitative estimate of drug-likeness (QED) is 0.453. The van der Waals surface area contributed by atoms with E-state index in [9.17, 15) is 14.4 Å². The van der Waals surface area contributed by atoms with Gasteiger partial charge < -0.3 is 0 Å². The molecule has 8 nitrogen and oxygen atoms in total. The van der Waals surface area contributed by atoms with Crippen LogP contribution < -0.4 is 16.4 Å². The van der Waals surface area contributed by atoms with Gasteiger partial charge in [-0.25, -0.2) is 10.1 Å². The van der Waals surface area contributed by atoms with Crippen LogP contribution >= 0.6 is 11.3 Å². The maximum absolute atomic E-state index is 12.5. The number of hydrogen-bond acceptors (Lipinski definition) is 6. The predicted octanol–water partition coefficient (Wildman–Crippen LogP) is 2.43. The van der Waals surface area contributed by atoms with Gasteiger partial charge in [-0.15, -0.1) is 11.3 Å². The van der Waals surface area contributed by atoms with E-state index >= 15 is 0 Å². The Kier molecular flexibility index (Phi) is 4.88. The summed E-state index contributed by atoms with van der Waals surface area (Å²) >= 11 is 1.24. The second-order valence-electron chi connectivity index (χ2n) is 6.15. The van der Waals surface area contributed by atoms with E-state index in [-0.39, 0.29) is 5.69 Å². The lowest BCUT2D eigenvalue weighted by Crippen LogP contribution is -2.42. The molecule has 0 saturated heterocycles. The molecule has 3 N–H and O–H groups in total. The second-order valence-corrected chi connectivity index (χ2v) is 7.15. The summed E-state index contributed by atoms with van der Waals surface area (Å²) in [6.07, 6.45) is 0. The molecule has 4 aromatic rings. The summed E-state index contributed by atoms with van der Waals surface area (Å²) in [5.41, 5.74) is 5.81. The minimum absolute atomic E-state index is 0.00602. The van der Waals surface area contributed by atoms with Crippen molar-refractivity contribution in [3.63, 3.8) is 0 Å². The molecule has 144 valence electrons. The second kappa shape index (κ2) is 7.64. The summed E-state index contributed by atoms with van der Waals surface area (Å²) in [6, 6.07) is 16.1. The molecule has 4 rings (SSSR count). The molecule has 2 heterocycles. The van der Waals surface area contributed by atoms with Crippen molar-refractivity contribution in [1.29, 1.82) is 0 Å². The molecule has 2 aromatic carbocycles.